The molecule has 0 bridgehead atoms. The van der Waals surface area contributed by atoms with Crippen LogP contribution in [0.5, 0.6) is 0 Å². The van der Waals surface area contributed by atoms with Crippen molar-refractivity contribution in [1.82, 2.24) is 11.0 Å². The van der Waals surface area contributed by atoms with Gasteiger partial charge in [-0.3, -0.25) is 10.2 Å². The number of aliphatic hydroxyl groups excluding tert-OH is 1. The Hall–Kier alpha value is -3.41. The van der Waals surface area contributed by atoms with Gasteiger partial charge >= 0.3 is 5.97 Å². The molecule has 1 amide bonds. The van der Waals surface area contributed by atoms with Crippen molar-refractivity contribution < 1.29 is 19.4 Å². The first-order chi connectivity index (χ1) is 11.1. The Kier molecular flexibility index (Phi) is 7.30. The predicted octanol–water partition coefficient (Wildman–Crippen LogP) is 1.59. The quantitative estimate of drug-likeness (QED) is 0.174. The van der Waals surface area contributed by atoms with Gasteiger partial charge in [0, 0.05) is 0 Å². The van der Waals surface area contributed by atoms with Crippen molar-refractivity contribution >= 4 is 17.6 Å². The highest BCUT2D eigenvalue weighted by molar-refractivity contribution is 5.94. The maximum Gasteiger partial charge on any atom is 0.352 e. The molecule has 0 unspecified atom stereocenters. The van der Waals surface area contributed by atoms with Gasteiger partial charge in [0.25, 0.3) is 0 Å². The molecule has 3 N–H and O–H groups in total. The van der Waals surface area contributed by atoms with Crippen LogP contribution in [0, 0.1) is 11.3 Å². The summed E-state index contributed by atoms with van der Waals surface area (Å²) in [5.41, 5.74) is 4.26. The molecule has 0 spiro atoms. The van der Waals surface area contributed by atoms with Gasteiger partial charge in [0.05, 0.1) is 18.7 Å². The molecule has 0 aliphatic carbocycles. The van der Waals surface area contributed by atoms with Crippen molar-refractivity contribution in [3.63, 3.8) is 0 Å². The molecule has 0 aliphatic rings. The summed E-state index contributed by atoms with van der Waals surface area (Å²) in [6.45, 7) is 1.60. The van der Waals surface area contributed by atoms with E-state index in [2.05, 4.69) is 26.0 Å². The Morgan fingerprint density at radius 1 is 1.35 bits per heavy atom. The lowest BCUT2D eigenvalue weighted by molar-refractivity contribution is -0.138. The van der Waals surface area contributed by atoms with Crippen LogP contribution < -0.4 is 11.0 Å². The Bertz CT molecular complexity index is 649. The molecule has 9 nitrogen and oxygen atoms in total. The molecular formula is C14H15N5O4. The summed E-state index contributed by atoms with van der Waals surface area (Å²) in [7, 11) is 0. The number of ether oxygens (including phenoxy) is 1. The van der Waals surface area contributed by atoms with Gasteiger partial charge in [-0.05, 0) is 19.1 Å². The SMILES string of the molecule is CCOC(=O)/C(C#N)=C(/O)CC(=O)NNN=Nc1ccccc1. The number of nitrogens with one attached hydrogen (secondary N) is 2. The molecule has 23 heavy (non-hydrogen) atoms. The highest BCUT2D eigenvalue weighted by atomic mass is 16.5. The molecule has 1 rings (SSSR count). The third-order valence-electron chi connectivity index (χ3n) is 2.37. The molecule has 1 aromatic carbocycles. The smallest absolute Gasteiger partial charge is 0.352 e. The van der Waals surface area contributed by atoms with Crippen molar-refractivity contribution in [2.24, 2.45) is 10.3 Å². The fraction of sp³-hybridized carbons (Fsp3) is 0.214. The summed E-state index contributed by atoms with van der Waals surface area (Å²) < 4.78 is 4.58. The number of carbonyl (C=O) groups is 2. The highest BCUT2D eigenvalue weighted by Gasteiger charge is 2.18. The number of nitriles is 1. The number of esters is 1. The summed E-state index contributed by atoms with van der Waals surface area (Å²) >= 11 is 0. The topological polar surface area (TPSA) is 136 Å². The number of carbonyl (C=O) groups excluding carboxylic acids is 2. The number of rotatable bonds is 7. The number of benzene rings is 1. The normalized spacial score (nSPS) is 11.3. The van der Waals surface area contributed by atoms with E-state index in [0.29, 0.717) is 5.69 Å². The van der Waals surface area contributed by atoms with E-state index in [-0.39, 0.29) is 6.61 Å². The van der Waals surface area contributed by atoms with Gasteiger partial charge in [-0.2, -0.15) is 10.8 Å². The number of hydrogen-bond acceptors (Lipinski definition) is 7. The fourth-order valence-corrected chi connectivity index (χ4v) is 1.38. The lowest BCUT2D eigenvalue weighted by atomic mass is 10.2. The lowest BCUT2D eigenvalue weighted by Crippen LogP contribution is -2.33. The van der Waals surface area contributed by atoms with Gasteiger partial charge in [-0.1, -0.05) is 23.4 Å². The zero-order chi connectivity index (χ0) is 17.1. The van der Waals surface area contributed by atoms with Crippen LogP contribution in [0.1, 0.15) is 13.3 Å². The van der Waals surface area contributed by atoms with E-state index in [1.807, 2.05) is 6.07 Å². The maximum absolute atomic E-state index is 11.5. The molecule has 120 valence electrons. The predicted molar refractivity (Wildman–Crippen MR) is 78.8 cm³/mol. The summed E-state index contributed by atoms with van der Waals surface area (Å²) in [5.74, 6) is -2.39. The second-order valence-electron chi connectivity index (χ2n) is 4.03. The zero-order valence-corrected chi connectivity index (χ0v) is 12.3. The monoisotopic (exact) mass is 317 g/mol. The van der Waals surface area contributed by atoms with E-state index in [1.54, 1.807) is 31.2 Å². The van der Waals surface area contributed by atoms with E-state index in [9.17, 15) is 14.7 Å². The molecule has 0 saturated heterocycles. The number of aliphatic hydroxyl groups is 1. The minimum atomic E-state index is -0.989. The lowest BCUT2D eigenvalue weighted by Gasteiger charge is -2.05. The van der Waals surface area contributed by atoms with Gasteiger partial charge in [0.15, 0.2) is 5.57 Å². The van der Waals surface area contributed by atoms with Crippen LogP contribution in [0.25, 0.3) is 0 Å². The van der Waals surface area contributed by atoms with Crippen molar-refractivity contribution in [3.05, 3.63) is 41.7 Å². The minimum Gasteiger partial charge on any atom is -0.510 e. The molecule has 0 radical (unpaired) electrons. The van der Waals surface area contributed by atoms with Gasteiger partial charge in [0.2, 0.25) is 5.91 Å². The molecule has 0 heterocycles. The Balaban J connectivity index is 2.51. The number of nitrogens with zero attached hydrogens (tertiary/aromatic N) is 3. The highest BCUT2D eigenvalue weighted by Crippen LogP contribution is 2.09. The molecule has 9 heteroatoms. The minimum absolute atomic E-state index is 0.0465. The van der Waals surface area contributed by atoms with Gasteiger partial charge < -0.3 is 9.84 Å². The van der Waals surface area contributed by atoms with Crippen LogP contribution in [-0.2, 0) is 14.3 Å². The van der Waals surface area contributed by atoms with Crippen molar-refractivity contribution in [2.75, 3.05) is 6.61 Å². The van der Waals surface area contributed by atoms with Crippen LogP contribution in [0.4, 0.5) is 5.69 Å². The molecule has 0 fully saturated rings. The van der Waals surface area contributed by atoms with Crippen molar-refractivity contribution in [3.8, 4) is 6.07 Å². The Morgan fingerprint density at radius 3 is 2.65 bits per heavy atom. The van der Waals surface area contributed by atoms with E-state index in [1.165, 1.54) is 6.07 Å². The first-order valence-electron chi connectivity index (χ1n) is 6.57. The van der Waals surface area contributed by atoms with Crippen LogP contribution >= 0.6 is 0 Å². The summed E-state index contributed by atoms with van der Waals surface area (Å²) in [5, 5.41) is 25.7. The van der Waals surface area contributed by atoms with Crippen LogP contribution in [0.3, 0.4) is 0 Å². The zero-order valence-electron chi connectivity index (χ0n) is 12.3. The van der Waals surface area contributed by atoms with Gasteiger partial charge in [-0.25, -0.2) is 4.79 Å². The molecule has 1 aromatic rings. The Morgan fingerprint density at radius 2 is 2.04 bits per heavy atom. The van der Waals surface area contributed by atoms with Crippen molar-refractivity contribution in [1.29, 1.82) is 5.26 Å². The molecule has 0 atom stereocenters. The van der Waals surface area contributed by atoms with E-state index < -0.39 is 29.6 Å². The summed E-state index contributed by atoms with van der Waals surface area (Å²) in [6.07, 6.45) is -0.588. The number of amides is 1. The second-order valence-corrected chi connectivity index (χ2v) is 4.03. The second kappa shape index (κ2) is 9.51. The van der Waals surface area contributed by atoms with Crippen LogP contribution in [-0.4, -0.2) is 23.6 Å². The summed E-state index contributed by atoms with van der Waals surface area (Å²) in [4.78, 5) is 22.9. The average Bonchev–Trinajstić information content (AvgIpc) is 2.53. The molecule has 0 aliphatic heterocycles. The third-order valence-corrected chi connectivity index (χ3v) is 2.37. The molecule has 0 saturated carbocycles. The summed E-state index contributed by atoms with van der Waals surface area (Å²) in [6, 6.07) is 10.3. The average molecular weight is 317 g/mol. The Labute approximate surface area is 132 Å². The van der Waals surface area contributed by atoms with E-state index in [0.717, 1.165) is 0 Å². The first-order valence-corrected chi connectivity index (χ1v) is 6.57. The molecular weight excluding hydrogens is 302 g/mol. The number of hydrogen-bond donors (Lipinski definition) is 3. The number of hydrazine groups is 1. The maximum atomic E-state index is 11.5. The van der Waals surface area contributed by atoms with E-state index >= 15 is 0 Å². The van der Waals surface area contributed by atoms with Gasteiger partial charge in [0.1, 0.15) is 11.8 Å². The largest absolute Gasteiger partial charge is 0.510 e. The third kappa shape index (κ3) is 6.26. The van der Waals surface area contributed by atoms with E-state index in [4.69, 9.17) is 5.26 Å². The first kappa shape index (κ1) is 17.6. The van der Waals surface area contributed by atoms with Crippen molar-refractivity contribution in [2.45, 2.75) is 13.3 Å². The van der Waals surface area contributed by atoms with Crippen LogP contribution in [0.15, 0.2) is 52.0 Å². The van der Waals surface area contributed by atoms with Gasteiger partial charge in [-0.15, -0.1) is 5.11 Å². The van der Waals surface area contributed by atoms with Crippen LogP contribution in [0.2, 0.25) is 0 Å². The standard InChI is InChI=1S/C14H15N5O4/c1-2-23-14(22)11(9-15)12(20)8-13(21)17-19-18-16-10-6-4-3-5-7-10/h3-7,20H,2,8H2,1H3,(H,16,19)(H,17,18,21)/b12-11+. The fourth-order valence-electron chi connectivity index (χ4n) is 1.38. The molecule has 0 aromatic heterocycles.